The zero-order valence-corrected chi connectivity index (χ0v) is 13.3. The second-order valence-electron chi connectivity index (χ2n) is 5.69. The number of amides is 1. The van der Waals surface area contributed by atoms with Crippen molar-refractivity contribution >= 4 is 17.2 Å². The van der Waals surface area contributed by atoms with Crippen molar-refractivity contribution in [3.05, 3.63) is 39.4 Å². The molecule has 0 bridgehead atoms. The van der Waals surface area contributed by atoms with Gasteiger partial charge in [0.25, 0.3) is 0 Å². The normalized spacial score (nSPS) is 14.4. The van der Waals surface area contributed by atoms with Crippen LogP contribution in [0.15, 0.2) is 21.3 Å². The molecule has 0 spiro atoms. The van der Waals surface area contributed by atoms with Crippen LogP contribution < -0.4 is 0 Å². The molecule has 112 valence electrons. The van der Waals surface area contributed by atoms with E-state index in [4.69, 9.17) is 4.52 Å². The third-order valence-corrected chi connectivity index (χ3v) is 4.74. The Morgan fingerprint density at radius 1 is 1.48 bits per heavy atom. The van der Waals surface area contributed by atoms with Gasteiger partial charge in [0, 0.05) is 24.6 Å². The zero-order valence-electron chi connectivity index (χ0n) is 12.5. The molecule has 1 saturated carbocycles. The first kappa shape index (κ1) is 14.3. The van der Waals surface area contributed by atoms with Crippen molar-refractivity contribution < 1.29 is 9.32 Å². The highest BCUT2D eigenvalue weighted by Gasteiger charge is 2.32. The summed E-state index contributed by atoms with van der Waals surface area (Å²) in [6.07, 6.45) is 3.53. The minimum Gasteiger partial charge on any atom is -0.361 e. The molecule has 2 aromatic rings. The van der Waals surface area contributed by atoms with Crippen LogP contribution in [0.4, 0.5) is 0 Å². The van der Waals surface area contributed by atoms with E-state index < -0.39 is 0 Å². The standard InChI is InChI=1S/C16H20N2O2S/c1-11-15(12(2)20-17-11)5-6-16(19)18(14-3-4-14)9-13-7-8-21-10-13/h7-8,10,14H,3-6,9H2,1-2H3. The molecular weight excluding hydrogens is 284 g/mol. The van der Waals surface area contributed by atoms with E-state index in [2.05, 4.69) is 22.0 Å². The molecule has 0 saturated heterocycles. The summed E-state index contributed by atoms with van der Waals surface area (Å²) in [7, 11) is 0. The summed E-state index contributed by atoms with van der Waals surface area (Å²) >= 11 is 1.68. The highest BCUT2D eigenvalue weighted by molar-refractivity contribution is 7.07. The molecule has 2 aromatic heterocycles. The lowest BCUT2D eigenvalue weighted by atomic mass is 10.1. The van der Waals surface area contributed by atoms with Crippen LogP contribution in [0.25, 0.3) is 0 Å². The summed E-state index contributed by atoms with van der Waals surface area (Å²) in [5.41, 5.74) is 3.21. The molecule has 1 aliphatic rings. The van der Waals surface area contributed by atoms with E-state index in [-0.39, 0.29) is 5.91 Å². The number of hydrogen-bond acceptors (Lipinski definition) is 4. The quantitative estimate of drug-likeness (QED) is 0.821. The first-order valence-electron chi connectivity index (χ1n) is 7.37. The summed E-state index contributed by atoms with van der Waals surface area (Å²) in [6.45, 7) is 4.58. The monoisotopic (exact) mass is 304 g/mol. The van der Waals surface area contributed by atoms with Crippen molar-refractivity contribution in [2.24, 2.45) is 0 Å². The summed E-state index contributed by atoms with van der Waals surface area (Å²) in [5.74, 6) is 1.07. The van der Waals surface area contributed by atoms with Crippen LogP contribution in [0, 0.1) is 13.8 Å². The predicted molar refractivity (Wildman–Crippen MR) is 82.2 cm³/mol. The lowest BCUT2D eigenvalue weighted by molar-refractivity contribution is -0.132. The predicted octanol–water partition coefficient (Wildman–Crippen LogP) is 3.48. The van der Waals surface area contributed by atoms with Crippen LogP contribution in [0.5, 0.6) is 0 Å². The number of hydrogen-bond donors (Lipinski definition) is 0. The number of carbonyl (C=O) groups excluding carboxylic acids is 1. The highest BCUT2D eigenvalue weighted by atomic mass is 32.1. The van der Waals surface area contributed by atoms with Crippen molar-refractivity contribution in [2.45, 2.75) is 52.1 Å². The molecule has 1 aliphatic carbocycles. The second kappa shape index (κ2) is 6.02. The van der Waals surface area contributed by atoms with E-state index in [1.807, 2.05) is 18.7 Å². The van der Waals surface area contributed by atoms with Gasteiger partial charge in [-0.2, -0.15) is 11.3 Å². The molecule has 0 atom stereocenters. The van der Waals surface area contributed by atoms with Gasteiger partial charge >= 0.3 is 0 Å². The van der Waals surface area contributed by atoms with Gasteiger partial charge in [-0.25, -0.2) is 0 Å². The van der Waals surface area contributed by atoms with E-state index in [1.165, 1.54) is 5.56 Å². The highest BCUT2D eigenvalue weighted by Crippen LogP contribution is 2.29. The van der Waals surface area contributed by atoms with Gasteiger partial charge in [-0.05, 0) is 55.5 Å². The molecule has 0 radical (unpaired) electrons. The Balaban J connectivity index is 1.62. The molecular formula is C16H20N2O2S. The van der Waals surface area contributed by atoms with Gasteiger partial charge in [0.2, 0.25) is 5.91 Å². The fourth-order valence-corrected chi connectivity index (χ4v) is 3.28. The van der Waals surface area contributed by atoms with E-state index >= 15 is 0 Å². The molecule has 4 nitrogen and oxygen atoms in total. The minimum atomic E-state index is 0.240. The molecule has 0 N–H and O–H groups in total. The fraction of sp³-hybridized carbons (Fsp3) is 0.500. The summed E-state index contributed by atoms with van der Waals surface area (Å²) in [6, 6.07) is 2.55. The molecule has 0 aliphatic heterocycles. The van der Waals surface area contributed by atoms with Crippen molar-refractivity contribution in [3.8, 4) is 0 Å². The summed E-state index contributed by atoms with van der Waals surface area (Å²) in [5, 5.41) is 8.13. The van der Waals surface area contributed by atoms with Crippen LogP contribution in [0.1, 0.15) is 41.8 Å². The molecule has 0 unspecified atom stereocenters. The van der Waals surface area contributed by atoms with E-state index in [0.29, 0.717) is 18.9 Å². The minimum absolute atomic E-state index is 0.240. The first-order chi connectivity index (χ1) is 10.1. The maximum atomic E-state index is 12.5. The Bertz CT molecular complexity index is 595. The molecule has 2 heterocycles. The van der Waals surface area contributed by atoms with Crippen molar-refractivity contribution in [3.63, 3.8) is 0 Å². The Hall–Kier alpha value is -1.62. The Morgan fingerprint density at radius 3 is 2.86 bits per heavy atom. The molecule has 21 heavy (non-hydrogen) atoms. The lowest BCUT2D eigenvalue weighted by Gasteiger charge is -2.22. The maximum Gasteiger partial charge on any atom is 0.223 e. The smallest absolute Gasteiger partial charge is 0.223 e. The molecule has 0 aromatic carbocycles. The number of rotatable bonds is 6. The van der Waals surface area contributed by atoms with Gasteiger partial charge < -0.3 is 9.42 Å². The third kappa shape index (κ3) is 3.35. The van der Waals surface area contributed by atoms with Crippen molar-refractivity contribution in [1.29, 1.82) is 0 Å². The second-order valence-corrected chi connectivity index (χ2v) is 6.47. The number of thiophene rings is 1. The van der Waals surface area contributed by atoms with Crippen molar-refractivity contribution in [2.75, 3.05) is 0 Å². The molecule has 5 heteroatoms. The Kier molecular flexibility index (Phi) is 4.10. The molecule has 1 fully saturated rings. The number of carbonyl (C=O) groups is 1. The third-order valence-electron chi connectivity index (χ3n) is 4.01. The van der Waals surface area contributed by atoms with Crippen LogP contribution in [0.3, 0.4) is 0 Å². The Morgan fingerprint density at radius 2 is 2.29 bits per heavy atom. The lowest BCUT2D eigenvalue weighted by Crippen LogP contribution is -2.32. The zero-order chi connectivity index (χ0) is 14.8. The molecule has 1 amide bonds. The summed E-state index contributed by atoms with van der Waals surface area (Å²) < 4.78 is 5.16. The topological polar surface area (TPSA) is 46.3 Å². The average molecular weight is 304 g/mol. The van der Waals surface area contributed by atoms with Crippen LogP contribution in [0.2, 0.25) is 0 Å². The van der Waals surface area contributed by atoms with Crippen molar-refractivity contribution in [1.82, 2.24) is 10.1 Å². The van der Waals surface area contributed by atoms with Gasteiger partial charge in [0.15, 0.2) is 0 Å². The van der Waals surface area contributed by atoms with Crippen LogP contribution in [-0.4, -0.2) is 22.0 Å². The van der Waals surface area contributed by atoms with E-state index in [0.717, 1.165) is 36.4 Å². The van der Waals surface area contributed by atoms with Crippen LogP contribution >= 0.6 is 11.3 Å². The summed E-state index contributed by atoms with van der Waals surface area (Å²) in [4.78, 5) is 14.6. The van der Waals surface area contributed by atoms with Gasteiger partial charge in [0.1, 0.15) is 5.76 Å². The maximum absolute atomic E-state index is 12.5. The number of aromatic nitrogens is 1. The SMILES string of the molecule is Cc1noc(C)c1CCC(=O)N(Cc1ccsc1)C1CC1. The fourth-order valence-electron chi connectivity index (χ4n) is 2.62. The van der Waals surface area contributed by atoms with Gasteiger partial charge in [-0.15, -0.1) is 0 Å². The Labute approximate surface area is 128 Å². The van der Waals surface area contributed by atoms with Crippen LogP contribution in [-0.2, 0) is 17.8 Å². The van der Waals surface area contributed by atoms with Gasteiger partial charge in [0.05, 0.1) is 5.69 Å². The first-order valence-corrected chi connectivity index (χ1v) is 8.31. The van der Waals surface area contributed by atoms with Gasteiger partial charge in [-0.1, -0.05) is 5.16 Å². The average Bonchev–Trinajstić information content (AvgIpc) is 3.08. The van der Waals surface area contributed by atoms with E-state index in [9.17, 15) is 4.79 Å². The van der Waals surface area contributed by atoms with E-state index in [1.54, 1.807) is 11.3 Å². The number of aryl methyl sites for hydroxylation is 2. The largest absolute Gasteiger partial charge is 0.361 e. The number of nitrogens with zero attached hydrogens (tertiary/aromatic N) is 2. The molecule has 3 rings (SSSR count). The van der Waals surface area contributed by atoms with Gasteiger partial charge in [-0.3, -0.25) is 4.79 Å².